The number of hydrogen-bond donors (Lipinski definition) is 0. The van der Waals surface area contributed by atoms with Gasteiger partial charge in [0.15, 0.2) is 0 Å². The summed E-state index contributed by atoms with van der Waals surface area (Å²) < 4.78 is 23.1. The van der Waals surface area contributed by atoms with E-state index in [4.69, 9.17) is 4.52 Å². The number of aromatic nitrogens is 3. The molecule has 0 aliphatic carbocycles. The minimum atomic E-state index is -3.54. The smallest absolute Gasteiger partial charge is 0.336 e. The van der Waals surface area contributed by atoms with Crippen LogP contribution in [0.15, 0.2) is 88.2 Å². The van der Waals surface area contributed by atoms with Gasteiger partial charge in [-0.1, -0.05) is 55.5 Å². The quantitative estimate of drug-likeness (QED) is 0.395. The molecule has 0 saturated carbocycles. The molecule has 170 valence electrons. The number of fused-ring (bicyclic) bond motifs is 3. The zero-order valence-corrected chi connectivity index (χ0v) is 19.1. The van der Waals surface area contributed by atoms with Crippen LogP contribution >= 0.6 is 7.37 Å². The molecule has 33 heavy (non-hydrogen) atoms. The van der Waals surface area contributed by atoms with E-state index in [-0.39, 0.29) is 19.6 Å². The molecule has 0 spiro atoms. The summed E-state index contributed by atoms with van der Waals surface area (Å²) in [6.07, 6.45) is 2.80. The predicted octanol–water partition coefficient (Wildman–Crippen LogP) is 2.60. The van der Waals surface area contributed by atoms with Crippen LogP contribution in [0.2, 0.25) is 0 Å². The molecule has 1 aliphatic rings. The van der Waals surface area contributed by atoms with Crippen LogP contribution in [0.1, 0.15) is 6.92 Å². The topological polar surface area (TPSA) is 92.3 Å². The summed E-state index contributed by atoms with van der Waals surface area (Å²) in [5, 5.41) is 0.537. The lowest BCUT2D eigenvalue weighted by molar-refractivity contribution is 0.444. The van der Waals surface area contributed by atoms with Crippen molar-refractivity contribution in [1.29, 1.82) is 0 Å². The third kappa shape index (κ3) is 3.66. The van der Waals surface area contributed by atoms with E-state index in [0.717, 1.165) is 24.8 Å². The molecular weight excluding hydrogens is 441 g/mol. The molecule has 0 N–H and O–H groups in total. The average molecular weight is 465 g/mol. The molecule has 9 heteroatoms. The number of para-hydroxylation sites is 1. The molecule has 1 aliphatic heterocycles. The maximum atomic E-state index is 14.3. The van der Waals surface area contributed by atoms with Crippen LogP contribution < -0.4 is 26.9 Å². The van der Waals surface area contributed by atoms with Crippen molar-refractivity contribution < 1.29 is 9.09 Å². The van der Waals surface area contributed by atoms with Crippen molar-refractivity contribution in [3.05, 3.63) is 105 Å². The first-order valence-corrected chi connectivity index (χ1v) is 12.2. The van der Waals surface area contributed by atoms with Gasteiger partial charge in [0.1, 0.15) is 5.75 Å². The fraction of sp³-hybridized carbons (Fsp3) is 0.208. The molecular formula is C24H24N3O5P. The van der Waals surface area contributed by atoms with Crippen LogP contribution in [0.4, 0.5) is 0 Å². The van der Waals surface area contributed by atoms with Gasteiger partial charge in [0.05, 0.1) is 24.1 Å². The van der Waals surface area contributed by atoms with Gasteiger partial charge in [-0.15, -0.1) is 13.2 Å². The summed E-state index contributed by atoms with van der Waals surface area (Å²) in [5.41, 5.74) is -1.42. The lowest BCUT2D eigenvalue weighted by Gasteiger charge is -2.32. The minimum Gasteiger partial charge on any atom is -0.439 e. The van der Waals surface area contributed by atoms with E-state index < -0.39 is 30.1 Å². The summed E-state index contributed by atoms with van der Waals surface area (Å²) in [6, 6.07) is 14.6. The second-order valence-electron chi connectivity index (χ2n) is 7.81. The Morgan fingerprint density at radius 2 is 1.36 bits per heavy atom. The van der Waals surface area contributed by atoms with Gasteiger partial charge >= 0.3 is 17.1 Å². The van der Waals surface area contributed by atoms with E-state index in [1.54, 1.807) is 31.2 Å². The largest absolute Gasteiger partial charge is 0.439 e. The Morgan fingerprint density at radius 1 is 0.848 bits per heavy atom. The van der Waals surface area contributed by atoms with Crippen molar-refractivity contribution in [2.24, 2.45) is 0 Å². The molecule has 0 bridgehead atoms. The normalized spacial score (nSPS) is 17.4. The summed E-state index contributed by atoms with van der Waals surface area (Å²) in [7, 11) is -3.54. The van der Waals surface area contributed by atoms with Gasteiger partial charge in [0.25, 0.3) is 7.37 Å². The summed E-state index contributed by atoms with van der Waals surface area (Å²) >= 11 is 0. The van der Waals surface area contributed by atoms with Crippen LogP contribution in [-0.2, 0) is 24.2 Å². The van der Waals surface area contributed by atoms with Gasteiger partial charge in [-0.25, -0.2) is 28.1 Å². The van der Waals surface area contributed by atoms with E-state index in [9.17, 15) is 18.9 Å². The highest BCUT2D eigenvalue weighted by molar-refractivity contribution is 7.68. The fourth-order valence-electron chi connectivity index (χ4n) is 4.05. The molecule has 8 nitrogen and oxygen atoms in total. The maximum Gasteiger partial charge on any atom is 0.336 e. The number of nitrogens with zero attached hydrogens (tertiary/aromatic N) is 3. The van der Waals surface area contributed by atoms with Gasteiger partial charge in [-0.05, 0) is 17.7 Å². The van der Waals surface area contributed by atoms with Gasteiger partial charge in [0, 0.05) is 12.1 Å². The fourth-order valence-corrected chi connectivity index (χ4v) is 6.45. The van der Waals surface area contributed by atoms with Crippen LogP contribution in [0.3, 0.4) is 0 Å². The SMILES string of the molecule is C=CCn1c(=O)n(CC=C)c(=O)n(CC(C)P2(=O)Oc3ccccc3-c3ccccc32)c1=O. The molecule has 0 saturated heterocycles. The van der Waals surface area contributed by atoms with E-state index in [0.29, 0.717) is 11.1 Å². The van der Waals surface area contributed by atoms with E-state index in [1.165, 1.54) is 12.2 Å². The molecule has 2 atom stereocenters. The third-order valence-electron chi connectivity index (χ3n) is 5.69. The lowest BCUT2D eigenvalue weighted by Crippen LogP contribution is -2.55. The van der Waals surface area contributed by atoms with Crippen LogP contribution in [0.25, 0.3) is 11.1 Å². The minimum absolute atomic E-state index is 0.0617. The average Bonchev–Trinajstić information content (AvgIpc) is 2.82. The first-order valence-electron chi connectivity index (χ1n) is 10.5. The molecule has 2 heterocycles. The Kier molecular flexibility index (Phi) is 5.95. The van der Waals surface area contributed by atoms with Crippen molar-refractivity contribution in [2.75, 3.05) is 0 Å². The number of allylic oxidation sites excluding steroid dienone is 2. The van der Waals surface area contributed by atoms with Crippen molar-refractivity contribution >= 4 is 12.7 Å². The molecule has 2 unspecified atom stereocenters. The Balaban J connectivity index is 1.85. The Labute approximate surface area is 190 Å². The molecule has 0 radical (unpaired) electrons. The zero-order chi connectivity index (χ0) is 23.8. The Hall–Kier alpha value is -3.64. The standard InChI is InChI=1S/C24H24N3O5P/c1-4-14-25-22(28)26(15-5-2)24(30)27(23(25)29)16-17(3)33(31)21-13-9-7-11-19(21)18-10-6-8-12-20(18)32-33/h4-13,17H,1-2,14-16H2,3H3. The highest BCUT2D eigenvalue weighted by Crippen LogP contribution is 2.57. The molecule has 1 aromatic heterocycles. The third-order valence-corrected chi connectivity index (χ3v) is 8.54. The molecule has 4 rings (SSSR count). The highest BCUT2D eigenvalue weighted by Gasteiger charge is 2.41. The predicted molar refractivity (Wildman–Crippen MR) is 129 cm³/mol. The van der Waals surface area contributed by atoms with Gasteiger partial charge in [-0.3, -0.25) is 4.57 Å². The summed E-state index contributed by atoms with van der Waals surface area (Å²) in [6.45, 7) is 8.52. The summed E-state index contributed by atoms with van der Waals surface area (Å²) in [4.78, 5) is 38.7. The van der Waals surface area contributed by atoms with Crippen molar-refractivity contribution in [1.82, 2.24) is 13.7 Å². The molecule has 0 fully saturated rings. The van der Waals surface area contributed by atoms with Crippen molar-refractivity contribution in [2.45, 2.75) is 32.2 Å². The van der Waals surface area contributed by atoms with Gasteiger partial charge in [0.2, 0.25) is 0 Å². The van der Waals surface area contributed by atoms with Crippen LogP contribution in [0, 0.1) is 0 Å². The van der Waals surface area contributed by atoms with Crippen LogP contribution in [-0.4, -0.2) is 19.4 Å². The second kappa shape index (κ2) is 8.71. The Bertz CT molecular complexity index is 1430. The molecule has 2 aromatic carbocycles. The lowest BCUT2D eigenvalue weighted by atomic mass is 10.0. The van der Waals surface area contributed by atoms with E-state index in [1.807, 2.05) is 24.3 Å². The number of rotatable bonds is 7. The first-order chi connectivity index (χ1) is 15.8. The number of benzene rings is 2. The van der Waals surface area contributed by atoms with Gasteiger partial charge in [-0.2, -0.15) is 0 Å². The Morgan fingerprint density at radius 3 is 1.97 bits per heavy atom. The monoisotopic (exact) mass is 465 g/mol. The van der Waals surface area contributed by atoms with E-state index >= 15 is 0 Å². The first kappa shape index (κ1) is 22.6. The number of hydrogen-bond acceptors (Lipinski definition) is 5. The summed E-state index contributed by atoms with van der Waals surface area (Å²) in [5.74, 6) is 0.486. The van der Waals surface area contributed by atoms with Crippen molar-refractivity contribution in [3.63, 3.8) is 0 Å². The second-order valence-corrected chi connectivity index (χ2v) is 10.5. The van der Waals surface area contributed by atoms with Crippen LogP contribution in [0.5, 0.6) is 5.75 Å². The molecule has 0 amide bonds. The van der Waals surface area contributed by atoms with Crippen molar-refractivity contribution in [3.8, 4) is 16.9 Å². The molecule has 3 aromatic rings. The zero-order valence-electron chi connectivity index (χ0n) is 18.2. The maximum absolute atomic E-state index is 14.3. The highest BCUT2D eigenvalue weighted by atomic mass is 31.2. The van der Waals surface area contributed by atoms with E-state index in [2.05, 4.69) is 13.2 Å². The van der Waals surface area contributed by atoms with Gasteiger partial charge < -0.3 is 4.52 Å².